The normalized spacial score (nSPS) is 17.2. The Morgan fingerprint density at radius 2 is 2.18 bits per heavy atom. The number of anilines is 2. The largest absolute Gasteiger partial charge is 0.423 e. The molecule has 14 heteroatoms. The van der Waals surface area contributed by atoms with E-state index in [1.807, 2.05) is 6.07 Å². The first kappa shape index (κ1) is 24.0. The van der Waals surface area contributed by atoms with Gasteiger partial charge in [-0.25, -0.2) is 14.8 Å². The van der Waals surface area contributed by atoms with Crippen LogP contribution in [0.1, 0.15) is 30.6 Å². The number of nitrogens with one attached hydrogen (secondary N) is 2. The summed E-state index contributed by atoms with van der Waals surface area (Å²) in [7, 11) is 0. The van der Waals surface area contributed by atoms with Gasteiger partial charge in [0.25, 0.3) is 5.56 Å². The third kappa shape index (κ3) is 5.65. The van der Waals surface area contributed by atoms with Crippen molar-refractivity contribution in [3.05, 3.63) is 57.4 Å². The van der Waals surface area contributed by atoms with Crippen LogP contribution in [-0.2, 0) is 17.5 Å². The molecule has 1 aliphatic rings. The van der Waals surface area contributed by atoms with Crippen molar-refractivity contribution >= 4 is 23.1 Å². The molecule has 0 spiro atoms. The summed E-state index contributed by atoms with van der Waals surface area (Å²) in [5, 5.41) is 16.8. The van der Waals surface area contributed by atoms with Crippen molar-refractivity contribution in [1.82, 2.24) is 30.2 Å². The van der Waals surface area contributed by atoms with E-state index in [0.29, 0.717) is 10.7 Å². The van der Waals surface area contributed by atoms with Gasteiger partial charge in [0.1, 0.15) is 17.1 Å². The zero-order valence-corrected chi connectivity index (χ0v) is 18.8. The molecule has 2 N–H and O–H groups in total. The molecule has 182 valence electrons. The Morgan fingerprint density at radius 3 is 2.91 bits per heavy atom. The molecule has 0 aliphatic carbocycles. The molecule has 0 amide bonds. The van der Waals surface area contributed by atoms with Gasteiger partial charge in [0.2, 0.25) is 0 Å². The van der Waals surface area contributed by atoms with Gasteiger partial charge in [0.15, 0.2) is 0 Å². The Labute approximate surface area is 197 Å². The molecule has 3 aromatic heterocycles. The summed E-state index contributed by atoms with van der Waals surface area (Å²) in [6.45, 7) is 3.41. The van der Waals surface area contributed by atoms with Gasteiger partial charge < -0.3 is 15.0 Å². The van der Waals surface area contributed by atoms with Gasteiger partial charge in [0, 0.05) is 25.3 Å². The SMILES string of the molecule is CC(COCc1cn(C2CCN(c3ccc(Cl)cn3)C2)nn1)Nc1cn[nH]c(=O)c1C(F)(F)F. The third-order valence-corrected chi connectivity index (χ3v) is 5.51. The van der Waals surface area contributed by atoms with E-state index in [-0.39, 0.29) is 19.3 Å². The highest BCUT2D eigenvalue weighted by Crippen LogP contribution is 2.31. The first-order valence-electron chi connectivity index (χ1n) is 10.5. The standard InChI is InChI=1S/C20H22ClF3N8O2/c1-12(27-16-7-26-29-19(33)18(16)20(22,23)24)10-34-11-14-8-32(30-28-14)15-4-5-31(9-15)17-3-2-13(21)6-25-17/h2-3,6-8,12,15H,4-5,9-11H2,1H3,(H2,27,29,33). The van der Waals surface area contributed by atoms with Crippen LogP contribution in [0.2, 0.25) is 5.02 Å². The highest BCUT2D eigenvalue weighted by molar-refractivity contribution is 6.30. The van der Waals surface area contributed by atoms with Crippen molar-refractivity contribution in [2.24, 2.45) is 0 Å². The van der Waals surface area contributed by atoms with E-state index >= 15 is 0 Å². The van der Waals surface area contributed by atoms with Crippen molar-refractivity contribution in [2.75, 3.05) is 29.9 Å². The number of hydrogen-bond donors (Lipinski definition) is 2. The second-order valence-electron chi connectivity index (χ2n) is 7.96. The van der Waals surface area contributed by atoms with Crippen LogP contribution in [0.3, 0.4) is 0 Å². The molecule has 0 aromatic carbocycles. The molecule has 4 heterocycles. The Bertz CT molecular complexity index is 1170. The Hall–Kier alpha value is -3.19. The molecule has 1 saturated heterocycles. The lowest BCUT2D eigenvalue weighted by Crippen LogP contribution is -2.29. The van der Waals surface area contributed by atoms with Gasteiger partial charge in [-0.2, -0.15) is 18.3 Å². The van der Waals surface area contributed by atoms with Crippen LogP contribution in [0.25, 0.3) is 0 Å². The summed E-state index contributed by atoms with van der Waals surface area (Å²) < 4.78 is 46.8. The fourth-order valence-corrected chi connectivity index (χ4v) is 3.83. The van der Waals surface area contributed by atoms with Crippen molar-refractivity contribution < 1.29 is 17.9 Å². The number of nitrogens with zero attached hydrogens (tertiary/aromatic N) is 6. The zero-order valence-electron chi connectivity index (χ0n) is 18.1. The first-order chi connectivity index (χ1) is 16.2. The summed E-state index contributed by atoms with van der Waals surface area (Å²) in [5.74, 6) is 0.848. The van der Waals surface area contributed by atoms with Gasteiger partial charge in [-0.1, -0.05) is 16.8 Å². The minimum Gasteiger partial charge on any atom is -0.378 e. The van der Waals surface area contributed by atoms with Crippen molar-refractivity contribution in [3.8, 4) is 0 Å². The lowest BCUT2D eigenvalue weighted by atomic mass is 10.2. The summed E-state index contributed by atoms with van der Waals surface area (Å²) in [4.78, 5) is 18.0. The minimum atomic E-state index is -4.81. The monoisotopic (exact) mass is 498 g/mol. The average Bonchev–Trinajstić information content (AvgIpc) is 3.43. The molecule has 2 unspecified atom stereocenters. The van der Waals surface area contributed by atoms with Gasteiger partial charge in [-0.15, -0.1) is 5.10 Å². The molecule has 34 heavy (non-hydrogen) atoms. The predicted molar refractivity (Wildman–Crippen MR) is 118 cm³/mol. The number of ether oxygens (including phenoxy) is 1. The number of aromatic nitrogens is 6. The molecule has 3 aromatic rings. The smallest absolute Gasteiger partial charge is 0.378 e. The second-order valence-corrected chi connectivity index (χ2v) is 8.40. The van der Waals surface area contributed by atoms with Crippen LogP contribution < -0.4 is 15.8 Å². The number of halogens is 4. The van der Waals surface area contributed by atoms with Gasteiger partial charge in [-0.3, -0.25) is 4.79 Å². The number of H-pyrrole nitrogens is 1. The molecular weight excluding hydrogens is 477 g/mol. The number of rotatable bonds is 8. The average molecular weight is 499 g/mol. The Balaban J connectivity index is 1.28. The van der Waals surface area contributed by atoms with Crippen molar-refractivity contribution in [2.45, 2.75) is 38.2 Å². The molecular formula is C20H22ClF3N8O2. The van der Waals surface area contributed by atoms with E-state index in [0.717, 1.165) is 31.5 Å². The van der Waals surface area contributed by atoms with Crippen LogP contribution in [0, 0.1) is 0 Å². The fourth-order valence-electron chi connectivity index (χ4n) is 3.72. The summed E-state index contributed by atoms with van der Waals surface area (Å²) in [5.41, 5.74) is -2.43. The van der Waals surface area contributed by atoms with E-state index in [1.54, 1.807) is 35.2 Å². The molecule has 1 aliphatic heterocycles. The quantitative estimate of drug-likeness (QED) is 0.487. The maximum atomic E-state index is 13.2. The summed E-state index contributed by atoms with van der Waals surface area (Å²) in [6, 6.07) is 3.28. The highest BCUT2D eigenvalue weighted by Gasteiger charge is 2.37. The summed E-state index contributed by atoms with van der Waals surface area (Å²) >= 11 is 5.90. The first-order valence-corrected chi connectivity index (χ1v) is 10.8. The molecule has 0 saturated carbocycles. The van der Waals surface area contributed by atoms with Gasteiger partial charge >= 0.3 is 6.18 Å². The molecule has 0 bridgehead atoms. The lowest BCUT2D eigenvalue weighted by molar-refractivity contribution is -0.138. The molecule has 2 atom stereocenters. The Kier molecular flexibility index (Phi) is 7.03. The highest BCUT2D eigenvalue weighted by atomic mass is 35.5. The van der Waals surface area contributed by atoms with Crippen LogP contribution in [0.4, 0.5) is 24.7 Å². The van der Waals surface area contributed by atoms with Crippen LogP contribution in [0.5, 0.6) is 0 Å². The van der Waals surface area contributed by atoms with Crippen LogP contribution in [-0.4, -0.2) is 55.9 Å². The number of aromatic amines is 1. The molecule has 10 nitrogen and oxygen atoms in total. The number of hydrogen-bond acceptors (Lipinski definition) is 8. The van der Waals surface area contributed by atoms with E-state index in [2.05, 4.69) is 30.6 Å². The second kappa shape index (κ2) is 9.97. The molecule has 4 rings (SSSR count). The van der Waals surface area contributed by atoms with E-state index in [1.165, 1.54) is 0 Å². The van der Waals surface area contributed by atoms with E-state index in [9.17, 15) is 18.0 Å². The maximum absolute atomic E-state index is 13.2. The minimum absolute atomic E-state index is 0.0798. The molecule has 0 radical (unpaired) electrons. The Morgan fingerprint density at radius 1 is 1.35 bits per heavy atom. The number of pyridine rings is 1. The number of alkyl halides is 3. The third-order valence-electron chi connectivity index (χ3n) is 5.29. The van der Waals surface area contributed by atoms with Crippen LogP contribution >= 0.6 is 11.6 Å². The maximum Gasteiger partial charge on any atom is 0.423 e. The molecule has 1 fully saturated rings. The van der Waals surface area contributed by atoms with E-state index < -0.39 is 29.0 Å². The predicted octanol–water partition coefficient (Wildman–Crippen LogP) is 2.90. The van der Waals surface area contributed by atoms with Gasteiger partial charge in [-0.05, 0) is 25.5 Å². The summed E-state index contributed by atoms with van der Waals surface area (Å²) in [6.07, 6.45) is 0.403. The lowest BCUT2D eigenvalue weighted by Gasteiger charge is -2.18. The van der Waals surface area contributed by atoms with Crippen molar-refractivity contribution in [3.63, 3.8) is 0 Å². The topological polar surface area (TPSA) is 114 Å². The van der Waals surface area contributed by atoms with Crippen LogP contribution in [0.15, 0.2) is 35.5 Å². The fraction of sp³-hybridized carbons (Fsp3) is 0.450. The van der Waals surface area contributed by atoms with E-state index in [4.69, 9.17) is 16.3 Å². The van der Waals surface area contributed by atoms with Crippen molar-refractivity contribution in [1.29, 1.82) is 0 Å². The zero-order chi connectivity index (χ0) is 24.3. The van der Waals surface area contributed by atoms with Gasteiger partial charge in [0.05, 0.1) is 42.4 Å².